The van der Waals surface area contributed by atoms with E-state index in [9.17, 15) is 13.6 Å². The average Bonchev–Trinajstić information content (AvgIpc) is 3.18. The van der Waals surface area contributed by atoms with Crippen molar-refractivity contribution in [1.82, 2.24) is 14.8 Å². The first-order chi connectivity index (χ1) is 13.6. The Bertz CT molecular complexity index is 1070. The van der Waals surface area contributed by atoms with Crippen LogP contribution in [0.2, 0.25) is 0 Å². The largest absolute Gasteiger partial charge is 0.318 e. The van der Waals surface area contributed by atoms with Gasteiger partial charge in [-0.3, -0.25) is 9.78 Å². The van der Waals surface area contributed by atoms with Crippen LogP contribution in [0, 0.1) is 11.6 Å². The second-order valence-electron chi connectivity index (χ2n) is 5.98. The number of aromatic nitrogens is 3. The van der Waals surface area contributed by atoms with Crippen LogP contribution in [0.15, 0.2) is 79.1 Å². The molecule has 0 unspecified atom stereocenters. The number of amides is 1. The summed E-state index contributed by atoms with van der Waals surface area (Å²) in [6, 6.07) is 17.3. The monoisotopic (exact) mass is 376 g/mol. The Morgan fingerprint density at radius 2 is 1.68 bits per heavy atom. The molecule has 7 heteroatoms. The van der Waals surface area contributed by atoms with E-state index in [0.717, 1.165) is 29.4 Å². The van der Waals surface area contributed by atoms with E-state index in [0.29, 0.717) is 5.69 Å². The van der Waals surface area contributed by atoms with Crippen molar-refractivity contribution in [3.8, 4) is 16.9 Å². The highest BCUT2D eigenvalue weighted by Crippen LogP contribution is 2.24. The molecule has 0 radical (unpaired) electrons. The molecule has 0 spiro atoms. The number of carbonyl (C=O) groups is 1. The van der Waals surface area contributed by atoms with Crippen LogP contribution in [0.1, 0.15) is 10.5 Å². The lowest BCUT2D eigenvalue weighted by Crippen LogP contribution is -2.14. The van der Waals surface area contributed by atoms with Crippen LogP contribution >= 0.6 is 0 Å². The van der Waals surface area contributed by atoms with Crippen LogP contribution in [0.3, 0.4) is 0 Å². The summed E-state index contributed by atoms with van der Waals surface area (Å²) in [7, 11) is 0. The summed E-state index contributed by atoms with van der Waals surface area (Å²) in [6.45, 7) is 0. The minimum atomic E-state index is -0.730. The van der Waals surface area contributed by atoms with Crippen LogP contribution in [-0.4, -0.2) is 20.7 Å². The molecule has 1 N–H and O–H groups in total. The molecule has 0 atom stereocenters. The highest BCUT2D eigenvalue weighted by molar-refractivity contribution is 6.03. The van der Waals surface area contributed by atoms with Crippen molar-refractivity contribution in [1.29, 1.82) is 0 Å². The van der Waals surface area contributed by atoms with Crippen LogP contribution in [0.5, 0.6) is 0 Å². The Morgan fingerprint density at radius 1 is 0.929 bits per heavy atom. The van der Waals surface area contributed by atoms with E-state index in [4.69, 9.17) is 0 Å². The van der Waals surface area contributed by atoms with Crippen molar-refractivity contribution in [3.05, 3.63) is 96.5 Å². The molecule has 5 nitrogen and oxygen atoms in total. The standard InChI is InChI=1S/C21H14F2N4O/c22-15-6-7-17(23)18(12-15)25-21(28)19-13-20(14-8-10-24-11-9-14)27(26-19)16-4-2-1-3-5-16/h1-13H,(H,25,28). The molecule has 0 aliphatic heterocycles. The lowest BCUT2D eigenvalue weighted by Gasteiger charge is -2.07. The molecule has 2 aromatic heterocycles. The molecule has 4 rings (SSSR count). The fraction of sp³-hybridized carbons (Fsp3) is 0. The van der Waals surface area contributed by atoms with E-state index in [1.54, 1.807) is 35.3 Å². The number of hydrogen-bond donors (Lipinski definition) is 1. The van der Waals surface area contributed by atoms with Crippen molar-refractivity contribution in [2.24, 2.45) is 0 Å². The maximum Gasteiger partial charge on any atom is 0.276 e. The summed E-state index contributed by atoms with van der Waals surface area (Å²) in [6.07, 6.45) is 3.28. The molecule has 0 fully saturated rings. The first-order valence-corrected chi connectivity index (χ1v) is 8.44. The van der Waals surface area contributed by atoms with E-state index < -0.39 is 17.5 Å². The normalized spacial score (nSPS) is 10.6. The Labute approximate surface area is 159 Å². The summed E-state index contributed by atoms with van der Waals surface area (Å²) < 4.78 is 28.8. The second kappa shape index (κ2) is 7.40. The summed E-state index contributed by atoms with van der Waals surface area (Å²) in [5.74, 6) is -2.02. The number of nitrogens with one attached hydrogen (secondary N) is 1. The smallest absolute Gasteiger partial charge is 0.276 e. The van der Waals surface area contributed by atoms with Gasteiger partial charge < -0.3 is 5.32 Å². The third kappa shape index (κ3) is 3.50. The van der Waals surface area contributed by atoms with Gasteiger partial charge in [0.15, 0.2) is 5.69 Å². The van der Waals surface area contributed by atoms with E-state index in [1.807, 2.05) is 30.3 Å². The van der Waals surface area contributed by atoms with Gasteiger partial charge in [0.2, 0.25) is 0 Å². The van der Waals surface area contributed by atoms with Gasteiger partial charge in [0.25, 0.3) is 5.91 Å². The number of anilines is 1. The maximum atomic E-state index is 13.8. The van der Waals surface area contributed by atoms with Crippen LogP contribution in [-0.2, 0) is 0 Å². The molecule has 0 saturated carbocycles. The van der Waals surface area contributed by atoms with Gasteiger partial charge in [0.1, 0.15) is 11.6 Å². The summed E-state index contributed by atoms with van der Waals surface area (Å²) in [4.78, 5) is 16.6. The Hall–Kier alpha value is -3.87. The fourth-order valence-corrected chi connectivity index (χ4v) is 2.77. The number of para-hydroxylation sites is 1. The first kappa shape index (κ1) is 17.5. The summed E-state index contributed by atoms with van der Waals surface area (Å²) >= 11 is 0. The van der Waals surface area contributed by atoms with Gasteiger partial charge in [0.05, 0.1) is 17.1 Å². The van der Waals surface area contributed by atoms with Gasteiger partial charge in [-0.15, -0.1) is 0 Å². The summed E-state index contributed by atoms with van der Waals surface area (Å²) in [5, 5.41) is 6.74. The highest BCUT2D eigenvalue weighted by Gasteiger charge is 2.18. The molecular weight excluding hydrogens is 362 g/mol. The molecular formula is C21H14F2N4O. The van der Waals surface area contributed by atoms with Crippen LogP contribution < -0.4 is 5.32 Å². The zero-order valence-corrected chi connectivity index (χ0v) is 14.5. The molecule has 138 valence electrons. The van der Waals surface area contributed by atoms with Gasteiger partial charge in [-0.05, 0) is 42.5 Å². The van der Waals surface area contributed by atoms with E-state index >= 15 is 0 Å². The van der Waals surface area contributed by atoms with Gasteiger partial charge in [0, 0.05) is 24.0 Å². The van der Waals surface area contributed by atoms with Gasteiger partial charge >= 0.3 is 0 Å². The van der Waals surface area contributed by atoms with E-state index in [1.165, 1.54) is 0 Å². The second-order valence-corrected chi connectivity index (χ2v) is 5.98. The quantitative estimate of drug-likeness (QED) is 0.572. The fourth-order valence-electron chi connectivity index (χ4n) is 2.77. The number of rotatable bonds is 4. The Kier molecular flexibility index (Phi) is 4.63. The zero-order chi connectivity index (χ0) is 19.5. The molecule has 0 aliphatic rings. The Morgan fingerprint density at radius 3 is 2.43 bits per heavy atom. The van der Waals surface area contributed by atoms with Crippen molar-refractivity contribution in [3.63, 3.8) is 0 Å². The molecule has 0 bridgehead atoms. The predicted molar refractivity (Wildman–Crippen MR) is 101 cm³/mol. The van der Waals surface area contributed by atoms with Gasteiger partial charge in [-0.2, -0.15) is 5.10 Å². The maximum absolute atomic E-state index is 13.8. The van der Waals surface area contributed by atoms with Crippen LogP contribution in [0.25, 0.3) is 16.9 Å². The minimum Gasteiger partial charge on any atom is -0.318 e. The lowest BCUT2D eigenvalue weighted by atomic mass is 10.2. The number of halogens is 2. The number of benzene rings is 2. The molecule has 2 heterocycles. The lowest BCUT2D eigenvalue weighted by molar-refractivity contribution is 0.102. The third-order valence-electron chi connectivity index (χ3n) is 4.10. The molecule has 1 amide bonds. The first-order valence-electron chi connectivity index (χ1n) is 8.44. The SMILES string of the molecule is O=C(Nc1cc(F)ccc1F)c1cc(-c2ccncc2)n(-c2ccccc2)n1. The van der Waals surface area contributed by atoms with E-state index in [2.05, 4.69) is 15.4 Å². The molecule has 0 saturated heterocycles. The van der Waals surface area contributed by atoms with Gasteiger partial charge in [-0.25, -0.2) is 13.5 Å². The molecule has 4 aromatic rings. The molecule has 28 heavy (non-hydrogen) atoms. The number of hydrogen-bond acceptors (Lipinski definition) is 3. The Balaban J connectivity index is 1.75. The highest BCUT2D eigenvalue weighted by atomic mass is 19.1. The van der Waals surface area contributed by atoms with Crippen molar-refractivity contribution >= 4 is 11.6 Å². The molecule has 0 aliphatic carbocycles. The van der Waals surface area contributed by atoms with Crippen molar-refractivity contribution in [2.45, 2.75) is 0 Å². The average molecular weight is 376 g/mol. The number of carbonyl (C=O) groups excluding carboxylic acids is 1. The van der Waals surface area contributed by atoms with Crippen LogP contribution in [0.4, 0.5) is 14.5 Å². The van der Waals surface area contributed by atoms with Crippen molar-refractivity contribution < 1.29 is 13.6 Å². The topological polar surface area (TPSA) is 59.8 Å². The zero-order valence-electron chi connectivity index (χ0n) is 14.5. The van der Waals surface area contributed by atoms with E-state index in [-0.39, 0.29) is 11.4 Å². The number of pyridine rings is 1. The molecule has 2 aromatic carbocycles. The minimum absolute atomic E-state index is 0.0688. The van der Waals surface area contributed by atoms with Gasteiger partial charge in [-0.1, -0.05) is 18.2 Å². The third-order valence-corrected chi connectivity index (χ3v) is 4.10. The summed E-state index contributed by atoms with van der Waals surface area (Å²) in [5.41, 5.74) is 2.05. The predicted octanol–water partition coefficient (Wildman–Crippen LogP) is 4.46. The number of nitrogens with zero attached hydrogens (tertiary/aromatic N) is 3. The van der Waals surface area contributed by atoms with Crippen molar-refractivity contribution in [2.75, 3.05) is 5.32 Å².